The Bertz CT molecular complexity index is 938. The summed E-state index contributed by atoms with van der Waals surface area (Å²) in [7, 11) is 3.16. The Morgan fingerprint density at radius 1 is 0.958 bits per heavy atom. The number of hydrogen-bond acceptors (Lipinski definition) is 4. The van der Waals surface area contributed by atoms with Crippen molar-refractivity contribution in [3.8, 4) is 22.8 Å². The third-order valence-corrected chi connectivity index (χ3v) is 4.08. The van der Waals surface area contributed by atoms with E-state index >= 15 is 0 Å². The second-order valence-corrected chi connectivity index (χ2v) is 5.92. The van der Waals surface area contributed by atoms with Gasteiger partial charge >= 0.3 is 0 Å². The Morgan fingerprint density at radius 3 is 2.38 bits per heavy atom. The van der Waals surface area contributed by atoms with Gasteiger partial charge in [0.15, 0.2) is 16.9 Å². The van der Waals surface area contributed by atoms with Crippen LogP contribution in [0.5, 0.6) is 11.5 Å². The van der Waals surface area contributed by atoms with Crippen molar-refractivity contribution in [3.63, 3.8) is 0 Å². The van der Waals surface area contributed by atoms with E-state index in [1.807, 2.05) is 18.2 Å². The highest BCUT2D eigenvalue weighted by Crippen LogP contribution is 2.33. The van der Waals surface area contributed by atoms with E-state index < -0.39 is 0 Å². The van der Waals surface area contributed by atoms with Crippen molar-refractivity contribution in [1.29, 1.82) is 0 Å². The molecule has 0 aliphatic rings. The standard InChI is InChI=1S/C20H20O4/c1-12(2)14-6-5-7-15-16(21)11-18(24-20(14)15)13-8-9-17(22-3)19(10-13)23-4/h5-12H,1-4H3. The third kappa shape index (κ3) is 2.75. The lowest BCUT2D eigenvalue weighted by Gasteiger charge is -2.12. The number of hydrogen-bond donors (Lipinski definition) is 0. The SMILES string of the molecule is COc1ccc(-c2cc(=O)c3cccc(C(C)C)c3o2)cc1OC. The summed E-state index contributed by atoms with van der Waals surface area (Å²) in [6.07, 6.45) is 0. The van der Waals surface area contributed by atoms with Crippen LogP contribution >= 0.6 is 0 Å². The molecule has 1 aromatic heterocycles. The van der Waals surface area contributed by atoms with Crippen molar-refractivity contribution in [2.45, 2.75) is 19.8 Å². The number of para-hydroxylation sites is 1. The summed E-state index contributed by atoms with van der Waals surface area (Å²) in [6.45, 7) is 4.16. The van der Waals surface area contributed by atoms with Crippen LogP contribution in [0, 0.1) is 0 Å². The van der Waals surface area contributed by atoms with Crippen LogP contribution in [-0.4, -0.2) is 14.2 Å². The van der Waals surface area contributed by atoms with E-state index in [1.54, 1.807) is 32.4 Å². The molecule has 3 rings (SSSR count). The maximum atomic E-state index is 12.5. The van der Waals surface area contributed by atoms with E-state index in [9.17, 15) is 4.79 Å². The van der Waals surface area contributed by atoms with E-state index in [-0.39, 0.29) is 11.3 Å². The van der Waals surface area contributed by atoms with Gasteiger partial charge in [-0.15, -0.1) is 0 Å². The van der Waals surface area contributed by atoms with Crippen molar-refractivity contribution in [2.75, 3.05) is 14.2 Å². The highest BCUT2D eigenvalue weighted by molar-refractivity contribution is 5.82. The molecule has 4 heteroatoms. The first-order valence-electron chi connectivity index (χ1n) is 7.84. The third-order valence-electron chi connectivity index (χ3n) is 4.08. The zero-order chi connectivity index (χ0) is 17.3. The van der Waals surface area contributed by atoms with Crippen LogP contribution in [0.4, 0.5) is 0 Å². The molecule has 0 bridgehead atoms. The minimum atomic E-state index is -0.0523. The highest BCUT2D eigenvalue weighted by atomic mass is 16.5. The van der Waals surface area contributed by atoms with Crippen molar-refractivity contribution in [3.05, 3.63) is 58.3 Å². The molecule has 1 heterocycles. The summed E-state index contributed by atoms with van der Waals surface area (Å²) in [5.41, 5.74) is 2.38. The summed E-state index contributed by atoms with van der Waals surface area (Å²) < 4.78 is 16.7. The molecule has 0 saturated heterocycles. The van der Waals surface area contributed by atoms with Crippen LogP contribution in [0.15, 0.2) is 51.7 Å². The van der Waals surface area contributed by atoms with Gasteiger partial charge < -0.3 is 13.9 Å². The molecule has 0 aliphatic carbocycles. The maximum absolute atomic E-state index is 12.5. The summed E-state index contributed by atoms with van der Waals surface area (Å²) in [6, 6.07) is 12.7. The fourth-order valence-electron chi connectivity index (χ4n) is 2.79. The van der Waals surface area contributed by atoms with Crippen molar-refractivity contribution in [1.82, 2.24) is 0 Å². The minimum Gasteiger partial charge on any atom is -0.493 e. The van der Waals surface area contributed by atoms with Crippen molar-refractivity contribution >= 4 is 11.0 Å². The van der Waals surface area contributed by atoms with E-state index in [2.05, 4.69) is 13.8 Å². The van der Waals surface area contributed by atoms with Crippen LogP contribution in [0.2, 0.25) is 0 Å². The largest absolute Gasteiger partial charge is 0.493 e. The van der Waals surface area contributed by atoms with Crippen LogP contribution in [0.1, 0.15) is 25.3 Å². The molecule has 4 nitrogen and oxygen atoms in total. The highest BCUT2D eigenvalue weighted by Gasteiger charge is 2.14. The molecule has 0 saturated carbocycles. The number of ether oxygens (including phenoxy) is 2. The topological polar surface area (TPSA) is 48.7 Å². The summed E-state index contributed by atoms with van der Waals surface area (Å²) in [5, 5.41) is 0.602. The van der Waals surface area contributed by atoms with Gasteiger partial charge in [0.05, 0.1) is 19.6 Å². The Kier molecular flexibility index (Phi) is 4.30. The van der Waals surface area contributed by atoms with Gasteiger partial charge in [-0.2, -0.15) is 0 Å². The van der Waals surface area contributed by atoms with E-state index in [0.29, 0.717) is 28.2 Å². The summed E-state index contributed by atoms with van der Waals surface area (Å²) in [4.78, 5) is 12.5. The zero-order valence-corrected chi connectivity index (χ0v) is 14.3. The lowest BCUT2D eigenvalue weighted by molar-refractivity contribution is 0.355. The van der Waals surface area contributed by atoms with Gasteiger partial charge in [0.2, 0.25) is 0 Å². The number of rotatable bonds is 4. The first kappa shape index (κ1) is 16.1. The minimum absolute atomic E-state index is 0.0523. The van der Waals surface area contributed by atoms with Gasteiger partial charge in [0, 0.05) is 11.6 Å². The molecule has 0 aliphatic heterocycles. The van der Waals surface area contributed by atoms with Gasteiger partial charge in [-0.25, -0.2) is 0 Å². The van der Waals surface area contributed by atoms with Crippen LogP contribution in [0.3, 0.4) is 0 Å². The molecule has 124 valence electrons. The molecule has 2 aromatic carbocycles. The van der Waals surface area contributed by atoms with Gasteiger partial charge in [-0.3, -0.25) is 4.79 Å². The van der Waals surface area contributed by atoms with Crippen molar-refractivity contribution < 1.29 is 13.9 Å². The van der Waals surface area contributed by atoms with E-state index in [0.717, 1.165) is 11.1 Å². The Balaban J connectivity index is 2.24. The molecule has 0 fully saturated rings. The fourth-order valence-corrected chi connectivity index (χ4v) is 2.79. The molecule has 0 N–H and O–H groups in total. The predicted octanol–water partition coefficient (Wildman–Crippen LogP) is 4.60. The molecule has 0 amide bonds. The Labute approximate surface area is 140 Å². The van der Waals surface area contributed by atoms with E-state index in [4.69, 9.17) is 13.9 Å². The smallest absolute Gasteiger partial charge is 0.193 e. The summed E-state index contributed by atoms with van der Waals surface area (Å²) >= 11 is 0. The quantitative estimate of drug-likeness (QED) is 0.703. The van der Waals surface area contributed by atoms with Crippen LogP contribution in [0.25, 0.3) is 22.3 Å². The monoisotopic (exact) mass is 324 g/mol. The van der Waals surface area contributed by atoms with Gasteiger partial charge in [-0.1, -0.05) is 26.0 Å². The predicted molar refractivity (Wildman–Crippen MR) is 95.1 cm³/mol. The normalized spacial score (nSPS) is 11.0. The Morgan fingerprint density at radius 2 is 1.71 bits per heavy atom. The van der Waals surface area contributed by atoms with Crippen molar-refractivity contribution in [2.24, 2.45) is 0 Å². The lowest BCUT2D eigenvalue weighted by atomic mass is 10.00. The second-order valence-electron chi connectivity index (χ2n) is 5.92. The molecular weight excluding hydrogens is 304 g/mol. The van der Waals surface area contributed by atoms with Gasteiger partial charge in [0.25, 0.3) is 0 Å². The molecule has 0 unspecified atom stereocenters. The second kappa shape index (κ2) is 6.40. The van der Waals surface area contributed by atoms with Gasteiger partial charge in [-0.05, 0) is 35.7 Å². The average molecular weight is 324 g/mol. The van der Waals surface area contributed by atoms with Crippen LogP contribution in [-0.2, 0) is 0 Å². The molecule has 0 radical (unpaired) electrons. The molecular formula is C20H20O4. The lowest BCUT2D eigenvalue weighted by Crippen LogP contribution is -2.03. The molecule has 24 heavy (non-hydrogen) atoms. The summed E-state index contributed by atoms with van der Waals surface area (Å²) in [5.74, 6) is 2.00. The fraction of sp³-hybridized carbons (Fsp3) is 0.250. The average Bonchev–Trinajstić information content (AvgIpc) is 2.60. The number of methoxy groups -OCH3 is 2. The molecule has 0 spiro atoms. The Hall–Kier alpha value is -2.75. The molecule has 3 aromatic rings. The number of benzene rings is 2. The first-order chi connectivity index (χ1) is 11.5. The first-order valence-corrected chi connectivity index (χ1v) is 7.84. The van der Waals surface area contributed by atoms with Crippen LogP contribution < -0.4 is 14.9 Å². The van der Waals surface area contributed by atoms with Gasteiger partial charge in [0.1, 0.15) is 11.3 Å². The maximum Gasteiger partial charge on any atom is 0.193 e. The molecule has 0 atom stereocenters. The van der Waals surface area contributed by atoms with E-state index in [1.165, 1.54) is 6.07 Å². The number of fused-ring (bicyclic) bond motifs is 1. The zero-order valence-electron chi connectivity index (χ0n) is 14.3.